The molecule has 0 fully saturated rings. The molecule has 0 atom stereocenters. The van der Waals surface area contributed by atoms with Gasteiger partial charge in [0.25, 0.3) is 5.13 Å². The number of allylic oxidation sites excluding steroid dienone is 2. The van der Waals surface area contributed by atoms with Crippen molar-refractivity contribution in [3.05, 3.63) is 16.5 Å². The second-order valence-corrected chi connectivity index (χ2v) is 3.95. The Labute approximate surface area is 90.4 Å². The maximum Gasteiger partial charge on any atom is 0.251 e. The summed E-state index contributed by atoms with van der Waals surface area (Å²) in [5.41, 5.74) is -0.0668. The van der Waals surface area contributed by atoms with Crippen LogP contribution in [0.2, 0.25) is 0 Å². The van der Waals surface area contributed by atoms with Gasteiger partial charge in [0.2, 0.25) is 0 Å². The number of carbonyl (C=O) groups excluding carboxylic acids is 1. The summed E-state index contributed by atoms with van der Waals surface area (Å²) in [6.45, 7) is 4.47. The third-order valence-corrected chi connectivity index (χ3v) is 2.15. The molecule has 6 nitrogen and oxygen atoms in total. The Balaban J connectivity index is 2.89. The van der Waals surface area contributed by atoms with Crippen molar-refractivity contribution in [3.63, 3.8) is 0 Å². The molecule has 1 aromatic heterocycles. The standard InChI is InChI=1S/C8H10N4O2S/c1-4(13)7(5(2)14)10-12-8-11-9-6(3)15-8/h13H,1-3H3/b7-4-,12-10?. The second-order valence-electron chi connectivity index (χ2n) is 2.79. The zero-order valence-electron chi connectivity index (χ0n) is 8.55. The average molecular weight is 226 g/mol. The molecule has 80 valence electrons. The molecule has 0 saturated heterocycles. The number of hydrogen-bond acceptors (Lipinski definition) is 7. The first-order valence-electron chi connectivity index (χ1n) is 4.13. The topological polar surface area (TPSA) is 87.8 Å². The predicted molar refractivity (Wildman–Crippen MR) is 55.2 cm³/mol. The molecule has 0 aromatic carbocycles. The fourth-order valence-corrected chi connectivity index (χ4v) is 1.33. The van der Waals surface area contributed by atoms with E-state index in [0.717, 1.165) is 5.01 Å². The number of rotatable bonds is 3. The van der Waals surface area contributed by atoms with Gasteiger partial charge in [-0.05, 0) is 13.8 Å². The Bertz CT molecular complexity index is 432. The molecule has 0 amide bonds. The molecule has 0 aliphatic heterocycles. The normalized spacial score (nSPS) is 13.0. The average Bonchev–Trinajstić information content (AvgIpc) is 2.50. The van der Waals surface area contributed by atoms with E-state index in [1.165, 1.54) is 25.2 Å². The SMILES string of the molecule is CC(=O)/C(N=Nc1nnc(C)s1)=C(\C)O. The van der Waals surface area contributed by atoms with Crippen LogP contribution >= 0.6 is 11.3 Å². The van der Waals surface area contributed by atoms with Crippen molar-refractivity contribution in [2.45, 2.75) is 20.8 Å². The fourth-order valence-electron chi connectivity index (χ4n) is 0.817. The largest absolute Gasteiger partial charge is 0.510 e. The highest BCUT2D eigenvalue weighted by atomic mass is 32.1. The molecule has 0 saturated carbocycles. The van der Waals surface area contributed by atoms with E-state index in [0.29, 0.717) is 5.13 Å². The van der Waals surface area contributed by atoms with Crippen molar-refractivity contribution in [1.29, 1.82) is 0 Å². The molecule has 1 N–H and O–H groups in total. The van der Waals surface area contributed by atoms with Crippen LogP contribution in [0.1, 0.15) is 18.9 Å². The number of ketones is 1. The van der Waals surface area contributed by atoms with Gasteiger partial charge in [-0.2, -0.15) is 0 Å². The minimum Gasteiger partial charge on any atom is -0.510 e. The summed E-state index contributed by atoms with van der Waals surface area (Å²) in [5.74, 6) is -0.507. The number of carbonyl (C=O) groups is 1. The Morgan fingerprint density at radius 1 is 1.40 bits per heavy atom. The van der Waals surface area contributed by atoms with E-state index in [2.05, 4.69) is 20.4 Å². The van der Waals surface area contributed by atoms with Gasteiger partial charge >= 0.3 is 0 Å². The van der Waals surface area contributed by atoms with E-state index in [4.69, 9.17) is 5.11 Å². The van der Waals surface area contributed by atoms with Gasteiger partial charge < -0.3 is 5.11 Å². The van der Waals surface area contributed by atoms with Gasteiger partial charge in [0.05, 0.1) is 0 Å². The van der Waals surface area contributed by atoms with Crippen LogP contribution in [0.25, 0.3) is 0 Å². The molecule has 0 aliphatic carbocycles. The van der Waals surface area contributed by atoms with Crippen LogP contribution in [0.15, 0.2) is 21.7 Å². The van der Waals surface area contributed by atoms with Crippen molar-refractivity contribution in [2.24, 2.45) is 10.2 Å². The molecule has 1 aromatic rings. The number of aromatic nitrogens is 2. The van der Waals surface area contributed by atoms with Gasteiger partial charge in [-0.15, -0.1) is 20.4 Å². The molecule has 0 aliphatic rings. The van der Waals surface area contributed by atoms with Gasteiger partial charge in [-0.3, -0.25) is 4.79 Å². The molecule has 0 unspecified atom stereocenters. The minimum absolute atomic E-state index is 0.0668. The van der Waals surface area contributed by atoms with Crippen LogP contribution in [0.4, 0.5) is 5.13 Å². The van der Waals surface area contributed by atoms with E-state index < -0.39 is 0 Å². The van der Waals surface area contributed by atoms with Crippen molar-refractivity contribution >= 4 is 22.3 Å². The maximum absolute atomic E-state index is 11.0. The summed E-state index contributed by atoms with van der Waals surface area (Å²) in [4.78, 5) is 11.0. The van der Waals surface area contributed by atoms with Gasteiger partial charge in [0.15, 0.2) is 11.5 Å². The van der Waals surface area contributed by atoms with Crippen LogP contribution in [0.3, 0.4) is 0 Å². The van der Waals surface area contributed by atoms with Gasteiger partial charge in [0, 0.05) is 6.92 Å². The van der Waals surface area contributed by atoms with E-state index >= 15 is 0 Å². The summed E-state index contributed by atoms with van der Waals surface area (Å²) >= 11 is 1.25. The zero-order chi connectivity index (χ0) is 11.4. The maximum atomic E-state index is 11.0. The molecule has 7 heteroatoms. The first-order valence-corrected chi connectivity index (χ1v) is 4.95. The summed E-state index contributed by atoms with van der Waals surface area (Å²) < 4.78 is 0. The lowest BCUT2D eigenvalue weighted by Crippen LogP contribution is -1.96. The number of hydrogen-bond donors (Lipinski definition) is 1. The van der Waals surface area contributed by atoms with Crippen molar-refractivity contribution in [2.75, 3.05) is 0 Å². The number of Topliss-reactive ketones (excluding diaryl/α,β-unsaturated/α-hetero) is 1. The van der Waals surface area contributed by atoms with E-state index in [1.807, 2.05) is 0 Å². The predicted octanol–water partition coefficient (Wildman–Crippen LogP) is 2.31. The Kier molecular flexibility index (Phi) is 3.62. The highest BCUT2D eigenvalue weighted by molar-refractivity contribution is 7.14. The molecule has 1 heterocycles. The highest BCUT2D eigenvalue weighted by Crippen LogP contribution is 2.19. The van der Waals surface area contributed by atoms with Gasteiger partial charge in [-0.25, -0.2) is 0 Å². The molecule has 0 spiro atoms. The third kappa shape index (κ3) is 3.21. The quantitative estimate of drug-likeness (QED) is 0.486. The molecule has 0 bridgehead atoms. The highest BCUT2D eigenvalue weighted by Gasteiger charge is 2.07. The zero-order valence-corrected chi connectivity index (χ0v) is 9.37. The first-order chi connectivity index (χ1) is 7.00. The van der Waals surface area contributed by atoms with Crippen LogP contribution in [-0.2, 0) is 4.79 Å². The molecule has 0 radical (unpaired) electrons. The van der Waals surface area contributed by atoms with Crippen molar-refractivity contribution in [3.8, 4) is 0 Å². The smallest absolute Gasteiger partial charge is 0.251 e. The number of aliphatic hydroxyl groups excluding tert-OH is 1. The number of aliphatic hydroxyl groups is 1. The molecular weight excluding hydrogens is 216 g/mol. The number of azo groups is 1. The Morgan fingerprint density at radius 2 is 2.07 bits per heavy atom. The lowest BCUT2D eigenvalue weighted by Gasteiger charge is -1.94. The second kappa shape index (κ2) is 4.74. The Morgan fingerprint density at radius 3 is 2.47 bits per heavy atom. The lowest BCUT2D eigenvalue weighted by atomic mass is 10.3. The Hall–Kier alpha value is -1.63. The van der Waals surface area contributed by atoms with Crippen molar-refractivity contribution in [1.82, 2.24) is 10.2 Å². The molecular formula is C8H10N4O2S. The monoisotopic (exact) mass is 226 g/mol. The first kappa shape index (κ1) is 11.4. The van der Waals surface area contributed by atoms with Crippen LogP contribution in [-0.4, -0.2) is 21.1 Å². The van der Waals surface area contributed by atoms with Crippen LogP contribution in [0.5, 0.6) is 0 Å². The minimum atomic E-state index is -0.347. The summed E-state index contributed by atoms with van der Waals surface area (Å²) in [5, 5.41) is 25.0. The van der Waals surface area contributed by atoms with Crippen LogP contribution < -0.4 is 0 Å². The van der Waals surface area contributed by atoms with Gasteiger partial charge in [0.1, 0.15) is 10.8 Å². The van der Waals surface area contributed by atoms with Gasteiger partial charge in [-0.1, -0.05) is 11.3 Å². The number of aryl methyl sites for hydroxylation is 1. The lowest BCUT2D eigenvalue weighted by molar-refractivity contribution is -0.113. The van der Waals surface area contributed by atoms with E-state index in [-0.39, 0.29) is 17.2 Å². The fraction of sp³-hybridized carbons (Fsp3) is 0.375. The molecule has 15 heavy (non-hydrogen) atoms. The summed E-state index contributed by atoms with van der Waals surface area (Å²) in [7, 11) is 0. The molecule has 1 rings (SSSR count). The van der Waals surface area contributed by atoms with Crippen LogP contribution in [0, 0.1) is 6.92 Å². The van der Waals surface area contributed by atoms with E-state index in [1.54, 1.807) is 6.92 Å². The van der Waals surface area contributed by atoms with E-state index in [9.17, 15) is 4.79 Å². The number of nitrogens with zero attached hydrogens (tertiary/aromatic N) is 4. The third-order valence-electron chi connectivity index (χ3n) is 1.43. The summed E-state index contributed by atoms with van der Waals surface area (Å²) in [6, 6.07) is 0. The summed E-state index contributed by atoms with van der Waals surface area (Å²) in [6.07, 6.45) is 0. The van der Waals surface area contributed by atoms with Crippen molar-refractivity contribution < 1.29 is 9.90 Å².